The van der Waals surface area contributed by atoms with Crippen LogP contribution in [0.25, 0.3) is 0 Å². The van der Waals surface area contributed by atoms with E-state index in [1.54, 1.807) is 24.3 Å². The molecule has 2 aromatic rings. The highest BCUT2D eigenvalue weighted by molar-refractivity contribution is 9.09. The highest BCUT2D eigenvalue weighted by Gasteiger charge is 2.18. The largest absolute Gasteiger partial charge is 0.496 e. The molecule has 0 aliphatic carbocycles. The summed E-state index contributed by atoms with van der Waals surface area (Å²) in [6.45, 7) is 0. The molecular weight excluding hydrogens is 359 g/mol. The number of benzene rings is 2. The molecule has 0 saturated heterocycles. The highest BCUT2D eigenvalue weighted by atomic mass is 79.9. The number of halogens is 2. The van der Waals surface area contributed by atoms with Gasteiger partial charge in [0, 0.05) is 11.8 Å². The Balaban J connectivity index is 2.50. The molecule has 0 aliphatic heterocycles. The Morgan fingerprint density at radius 3 is 2.52 bits per heavy atom. The van der Waals surface area contributed by atoms with Gasteiger partial charge >= 0.3 is 0 Å². The average molecular weight is 373 g/mol. The maximum Gasteiger partial charge on any atom is 0.175 e. The summed E-state index contributed by atoms with van der Waals surface area (Å²) < 4.78 is 41.9. The summed E-state index contributed by atoms with van der Waals surface area (Å²) in [5.41, 5.74) is 1.31. The monoisotopic (exact) mass is 372 g/mol. The van der Waals surface area contributed by atoms with Crippen molar-refractivity contribution in [1.82, 2.24) is 0 Å². The summed E-state index contributed by atoms with van der Waals surface area (Å²) in [5.74, 6) is 0.151. The average Bonchev–Trinajstić information content (AvgIpc) is 2.45. The van der Waals surface area contributed by atoms with E-state index < -0.39 is 9.84 Å². The molecule has 3 nitrogen and oxygen atoms in total. The smallest absolute Gasteiger partial charge is 0.175 e. The summed E-state index contributed by atoms with van der Waals surface area (Å²) >= 11 is 3.48. The van der Waals surface area contributed by atoms with E-state index in [0.717, 1.165) is 6.26 Å². The minimum atomic E-state index is -3.29. The lowest BCUT2D eigenvalue weighted by molar-refractivity contribution is 0.409. The zero-order valence-corrected chi connectivity index (χ0v) is 13.9. The molecule has 2 rings (SSSR count). The molecule has 0 spiro atoms. The fourth-order valence-electron chi connectivity index (χ4n) is 1.99. The maximum absolute atomic E-state index is 13.5. The van der Waals surface area contributed by atoms with Gasteiger partial charge in [0.25, 0.3) is 0 Å². The van der Waals surface area contributed by atoms with Crippen LogP contribution in [-0.4, -0.2) is 21.8 Å². The number of hydrogen-bond acceptors (Lipinski definition) is 3. The predicted molar refractivity (Wildman–Crippen MR) is 83.3 cm³/mol. The van der Waals surface area contributed by atoms with Gasteiger partial charge in [0.2, 0.25) is 0 Å². The van der Waals surface area contributed by atoms with Crippen molar-refractivity contribution in [3.8, 4) is 5.75 Å². The fraction of sp³-hybridized carbons (Fsp3) is 0.200. The first kappa shape index (κ1) is 16.0. The summed E-state index contributed by atoms with van der Waals surface area (Å²) in [7, 11) is -1.79. The van der Waals surface area contributed by atoms with Crippen LogP contribution < -0.4 is 4.74 Å². The lowest BCUT2D eigenvalue weighted by atomic mass is 10.0. The minimum absolute atomic E-state index is 0.222. The molecule has 0 radical (unpaired) electrons. The van der Waals surface area contributed by atoms with E-state index in [4.69, 9.17) is 4.74 Å². The molecule has 0 aliphatic rings. The Labute approximate surface area is 131 Å². The van der Waals surface area contributed by atoms with Crippen molar-refractivity contribution in [3.05, 3.63) is 59.4 Å². The van der Waals surface area contributed by atoms with E-state index in [-0.39, 0.29) is 15.5 Å². The standard InChI is InChI=1S/C15H14BrFO3S/c1-20-14-7-6-11(17)9-13(14)15(16)10-4-3-5-12(8-10)21(2,18)19/h3-9,15H,1-2H3. The van der Waals surface area contributed by atoms with Gasteiger partial charge in [-0.3, -0.25) is 0 Å². The quantitative estimate of drug-likeness (QED) is 0.768. The van der Waals surface area contributed by atoms with Crippen LogP contribution in [0.15, 0.2) is 47.4 Å². The van der Waals surface area contributed by atoms with Gasteiger partial charge in [-0.2, -0.15) is 0 Å². The Hall–Kier alpha value is -1.40. The third kappa shape index (κ3) is 3.63. The van der Waals surface area contributed by atoms with Crippen molar-refractivity contribution in [1.29, 1.82) is 0 Å². The number of ether oxygens (including phenoxy) is 1. The number of rotatable bonds is 4. The number of hydrogen-bond donors (Lipinski definition) is 0. The van der Waals surface area contributed by atoms with Gasteiger partial charge in [-0.25, -0.2) is 12.8 Å². The molecule has 0 bridgehead atoms. The summed E-state index contributed by atoms with van der Waals surface area (Å²) in [5, 5.41) is 0. The van der Waals surface area contributed by atoms with Crippen molar-refractivity contribution >= 4 is 25.8 Å². The molecule has 6 heteroatoms. The first-order valence-corrected chi connectivity index (χ1v) is 8.91. The lowest BCUT2D eigenvalue weighted by Gasteiger charge is -2.15. The Morgan fingerprint density at radius 2 is 1.90 bits per heavy atom. The van der Waals surface area contributed by atoms with Crippen molar-refractivity contribution in [2.45, 2.75) is 9.72 Å². The molecule has 0 N–H and O–H groups in total. The molecule has 0 amide bonds. The van der Waals surface area contributed by atoms with Crippen LogP contribution in [0.2, 0.25) is 0 Å². The van der Waals surface area contributed by atoms with E-state index in [1.165, 1.54) is 25.3 Å². The fourth-order valence-corrected chi connectivity index (χ4v) is 3.30. The molecule has 0 fully saturated rings. The topological polar surface area (TPSA) is 43.4 Å². The van der Waals surface area contributed by atoms with E-state index in [1.807, 2.05) is 0 Å². The summed E-state index contributed by atoms with van der Waals surface area (Å²) in [6.07, 6.45) is 1.15. The second-order valence-corrected chi connectivity index (χ2v) is 7.52. The molecule has 2 aromatic carbocycles. The Morgan fingerprint density at radius 1 is 1.19 bits per heavy atom. The van der Waals surface area contributed by atoms with Gasteiger partial charge in [-0.05, 0) is 35.9 Å². The van der Waals surface area contributed by atoms with E-state index in [2.05, 4.69) is 15.9 Å². The van der Waals surface area contributed by atoms with Gasteiger partial charge in [-0.1, -0.05) is 28.1 Å². The molecule has 21 heavy (non-hydrogen) atoms. The molecule has 0 saturated carbocycles. The van der Waals surface area contributed by atoms with Gasteiger partial charge in [0.05, 0.1) is 16.8 Å². The van der Waals surface area contributed by atoms with Crippen molar-refractivity contribution in [2.24, 2.45) is 0 Å². The highest BCUT2D eigenvalue weighted by Crippen LogP contribution is 2.37. The summed E-state index contributed by atoms with van der Waals surface area (Å²) in [4.78, 5) is -0.148. The van der Waals surface area contributed by atoms with Crippen LogP contribution in [0, 0.1) is 5.82 Å². The normalized spacial score (nSPS) is 13.0. The Kier molecular flexibility index (Phi) is 4.68. The van der Waals surface area contributed by atoms with E-state index in [0.29, 0.717) is 16.9 Å². The SMILES string of the molecule is COc1ccc(F)cc1C(Br)c1cccc(S(C)(=O)=O)c1. The molecule has 1 unspecified atom stereocenters. The van der Waals surface area contributed by atoms with Crippen molar-refractivity contribution in [2.75, 3.05) is 13.4 Å². The molecule has 0 heterocycles. The van der Waals surface area contributed by atoms with Crippen LogP contribution in [0.1, 0.15) is 16.0 Å². The zero-order valence-electron chi connectivity index (χ0n) is 11.5. The van der Waals surface area contributed by atoms with Crippen molar-refractivity contribution < 1.29 is 17.5 Å². The van der Waals surface area contributed by atoms with Crippen molar-refractivity contribution in [3.63, 3.8) is 0 Å². The van der Waals surface area contributed by atoms with Crippen LogP contribution in [0.3, 0.4) is 0 Å². The predicted octanol–water partition coefficient (Wildman–Crippen LogP) is 3.72. The summed E-state index contributed by atoms with van der Waals surface area (Å²) in [6, 6.07) is 10.8. The van der Waals surface area contributed by atoms with Crippen LogP contribution in [0.4, 0.5) is 4.39 Å². The molecular formula is C15H14BrFO3S. The molecule has 0 aromatic heterocycles. The van der Waals surface area contributed by atoms with E-state index >= 15 is 0 Å². The third-order valence-electron chi connectivity index (χ3n) is 3.04. The number of methoxy groups -OCH3 is 1. The van der Waals surface area contributed by atoms with Crippen LogP contribution in [-0.2, 0) is 9.84 Å². The van der Waals surface area contributed by atoms with Gasteiger partial charge in [0.1, 0.15) is 11.6 Å². The first-order chi connectivity index (χ1) is 9.82. The van der Waals surface area contributed by atoms with E-state index in [9.17, 15) is 12.8 Å². The lowest BCUT2D eigenvalue weighted by Crippen LogP contribution is -2.01. The molecule has 1 atom stereocenters. The number of alkyl halides is 1. The first-order valence-electron chi connectivity index (χ1n) is 6.10. The van der Waals surface area contributed by atoms with Crippen LogP contribution >= 0.6 is 15.9 Å². The van der Waals surface area contributed by atoms with Gasteiger partial charge in [-0.15, -0.1) is 0 Å². The third-order valence-corrected chi connectivity index (χ3v) is 5.18. The van der Waals surface area contributed by atoms with Crippen LogP contribution in [0.5, 0.6) is 5.75 Å². The number of sulfone groups is 1. The zero-order chi connectivity index (χ0) is 15.6. The van der Waals surface area contributed by atoms with Gasteiger partial charge < -0.3 is 4.74 Å². The minimum Gasteiger partial charge on any atom is -0.496 e. The Bertz CT molecular complexity index is 759. The maximum atomic E-state index is 13.5. The second kappa shape index (κ2) is 6.15. The van der Waals surface area contributed by atoms with Gasteiger partial charge in [0.15, 0.2) is 9.84 Å². The molecule has 112 valence electrons. The second-order valence-electron chi connectivity index (χ2n) is 4.59.